The number of likely N-dealkylation sites (N-methyl/N-ethyl adjacent to an activating group) is 1. The summed E-state index contributed by atoms with van der Waals surface area (Å²) < 4.78 is 59.4. The average molecular weight is 601 g/mol. The van der Waals surface area contributed by atoms with Crippen LogP contribution >= 0.6 is 0 Å². The van der Waals surface area contributed by atoms with Crippen LogP contribution in [0.2, 0.25) is 0 Å². The van der Waals surface area contributed by atoms with Crippen molar-refractivity contribution in [1.82, 2.24) is 9.80 Å². The standard InChI is InChI=1S/C29H43F3N4O6/c1-27(2,3)42-26(39)36-17-19(11-10-18(36)9-8-14-40-7)34(6)24(37)20-15-22-23(16-21(20)29(30,31)32)41-28(4,5)25(38)35(22)13-12-33/h15-16,18-19H,8-14,17,33H2,1-7H3/t18-,19+/m0/s1. The van der Waals surface area contributed by atoms with Gasteiger partial charge in [0.2, 0.25) is 0 Å². The molecule has 1 aromatic carbocycles. The Morgan fingerprint density at radius 2 is 1.86 bits per heavy atom. The van der Waals surface area contributed by atoms with Crippen molar-refractivity contribution in [3.63, 3.8) is 0 Å². The Morgan fingerprint density at radius 3 is 2.43 bits per heavy atom. The topological polar surface area (TPSA) is 115 Å². The van der Waals surface area contributed by atoms with Gasteiger partial charge in [0, 0.05) is 52.5 Å². The molecule has 3 rings (SSSR count). The van der Waals surface area contributed by atoms with Gasteiger partial charge in [-0.3, -0.25) is 9.59 Å². The van der Waals surface area contributed by atoms with Crippen LogP contribution in [-0.2, 0) is 20.4 Å². The number of nitrogens with zero attached hydrogens (tertiary/aromatic N) is 3. The zero-order valence-electron chi connectivity index (χ0n) is 25.5. The van der Waals surface area contributed by atoms with Gasteiger partial charge in [-0.1, -0.05) is 0 Å². The number of nitrogens with two attached hydrogens (primary N) is 1. The summed E-state index contributed by atoms with van der Waals surface area (Å²) in [6, 6.07) is 1.09. The molecule has 0 spiro atoms. The summed E-state index contributed by atoms with van der Waals surface area (Å²) in [7, 11) is 3.02. The molecule has 1 saturated heterocycles. The van der Waals surface area contributed by atoms with E-state index in [-0.39, 0.29) is 37.1 Å². The van der Waals surface area contributed by atoms with Crippen molar-refractivity contribution in [3.05, 3.63) is 23.3 Å². The number of carbonyl (C=O) groups excluding carboxylic acids is 3. The Labute approximate surface area is 245 Å². The molecule has 0 bridgehead atoms. The maximum atomic E-state index is 14.3. The number of piperidine rings is 1. The van der Waals surface area contributed by atoms with Crippen molar-refractivity contribution in [3.8, 4) is 5.75 Å². The molecule has 0 aliphatic carbocycles. The number of rotatable bonds is 8. The van der Waals surface area contributed by atoms with Crippen LogP contribution in [0, 0.1) is 0 Å². The Morgan fingerprint density at radius 1 is 1.19 bits per heavy atom. The fraction of sp³-hybridized carbons (Fsp3) is 0.690. The van der Waals surface area contributed by atoms with E-state index in [1.807, 2.05) is 0 Å². The minimum Gasteiger partial charge on any atom is -0.476 e. The molecule has 1 aromatic rings. The van der Waals surface area contributed by atoms with Crippen LogP contribution < -0.4 is 15.4 Å². The van der Waals surface area contributed by atoms with Gasteiger partial charge in [0.25, 0.3) is 11.8 Å². The number of fused-ring (bicyclic) bond motifs is 1. The summed E-state index contributed by atoms with van der Waals surface area (Å²) in [4.78, 5) is 44.0. The highest BCUT2D eigenvalue weighted by atomic mass is 19.4. The van der Waals surface area contributed by atoms with E-state index in [2.05, 4.69) is 0 Å². The third-order valence-corrected chi connectivity index (χ3v) is 7.47. The number of benzene rings is 1. The molecule has 0 saturated carbocycles. The van der Waals surface area contributed by atoms with Gasteiger partial charge >= 0.3 is 12.3 Å². The van der Waals surface area contributed by atoms with E-state index in [1.165, 1.54) is 30.7 Å². The first kappa shape index (κ1) is 33.4. The second-order valence-electron chi connectivity index (χ2n) is 12.3. The number of hydrogen-bond donors (Lipinski definition) is 1. The number of hydrogen-bond acceptors (Lipinski definition) is 7. The zero-order valence-corrected chi connectivity index (χ0v) is 25.5. The lowest BCUT2D eigenvalue weighted by Gasteiger charge is -2.43. The number of methoxy groups -OCH3 is 1. The Kier molecular flexibility index (Phi) is 10.1. The lowest BCUT2D eigenvalue weighted by molar-refractivity contribution is -0.138. The van der Waals surface area contributed by atoms with Crippen LogP contribution in [0.15, 0.2) is 12.1 Å². The maximum absolute atomic E-state index is 14.3. The number of anilines is 1. The fourth-order valence-electron chi connectivity index (χ4n) is 5.36. The van der Waals surface area contributed by atoms with Crippen molar-refractivity contribution >= 4 is 23.6 Å². The van der Waals surface area contributed by atoms with Gasteiger partial charge < -0.3 is 34.6 Å². The highest BCUT2D eigenvalue weighted by Crippen LogP contribution is 2.44. The van der Waals surface area contributed by atoms with E-state index in [0.29, 0.717) is 32.3 Å². The second kappa shape index (κ2) is 12.7. The quantitative estimate of drug-likeness (QED) is 0.439. The van der Waals surface area contributed by atoms with E-state index >= 15 is 0 Å². The average Bonchev–Trinajstić information content (AvgIpc) is 2.88. The van der Waals surface area contributed by atoms with Crippen LogP contribution in [0.1, 0.15) is 76.2 Å². The van der Waals surface area contributed by atoms with E-state index in [4.69, 9.17) is 19.9 Å². The van der Waals surface area contributed by atoms with Crippen molar-refractivity contribution in [2.45, 2.75) is 89.8 Å². The lowest BCUT2D eigenvalue weighted by atomic mass is 9.93. The van der Waals surface area contributed by atoms with Gasteiger partial charge in [0.05, 0.1) is 16.8 Å². The SMILES string of the molecule is COCCC[C@H]1CC[C@@H](N(C)C(=O)c2cc3c(cc2C(F)(F)F)OC(C)(C)C(=O)N3CCN)CN1C(=O)OC(C)(C)C. The summed E-state index contributed by atoms with van der Waals surface area (Å²) in [6.07, 6.45) is -3.06. The monoisotopic (exact) mass is 600 g/mol. The van der Waals surface area contributed by atoms with Crippen molar-refractivity contribution in [2.75, 3.05) is 45.3 Å². The molecule has 1 fully saturated rings. The largest absolute Gasteiger partial charge is 0.476 e. The Bertz CT molecular complexity index is 1170. The molecule has 2 aliphatic rings. The van der Waals surface area contributed by atoms with Gasteiger partial charge in [-0.2, -0.15) is 13.2 Å². The smallest absolute Gasteiger partial charge is 0.417 e. The van der Waals surface area contributed by atoms with E-state index in [0.717, 1.165) is 12.1 Å². The molecular weight excluding hydrogens is 557 g/mol. The third kappa shape index (κ3) is 7.47. The predicted molar refractivity (Wildman–Crippen MR) is 151 cm³/mol. The summed E-state index contributed by atoms with van der Waals surface area (Å²) >= 11 is 0. The number of alkyl halides is 3. The zero-order chi connectivity index (χ0) is 31.6. The molecule has 236 valence electrons. The number of likely N-dealkylation sites (tertiary alicyclic amines) is 1. The number of halogens is 3. The predicted octanol–water partition coefficient (Wildman–Crippen LogP) is 4.43. The van der Waals surface area contributed by atoms with Crippen LogP contribution in [0.5, 0.6) is 5.75 Å². The molecular formula is C29H43F3N4O6. The van der Waals surface area contributed by atoms with E-state index in [1.54, 1.807) is 32.8 Å². The summed E-state index contributed by atoms with van der Waals surface area (Å²) in [5.74, 6) is -1.53. The molecule has 10 nitrogen and oxygen atoms in total. The first-order chi connectivity index (χ1) is 19.4. The Hall–Kier alpha value is -3.06. The Balaban J connectivity index is 1.97. The molecule has 2 atom stereocenters. The van der Waals surface area contributed by atoms with Gasteiger partial charge in [-0.15, -0.1) is 0 Å². The summed E-state index contributed by atoms with van der Waals surface area (Å²) in [5.41, 5.74) is 1.78. The van der Waals surface area contributed by atoms with Crippen molar-refractivity contribution < 1.29 is 41.8 Å². The van der Waals surface area contributed by atoms with Crippen LogP contribution in [0.3, 0.4) is 0 Å². The molecule has 0 radical (unpaired) electrons. The normalized spacial score (nSPS) is 20.6. The minimum absolute atomic E-state index is 0.0331. The van der Waals surface area contributed by atoms with Crippen molar-refractivity contribution in [2.24, 2.45) is 5.73 Å². The van der Waals surface area contributed by atoms with Gasteiger partial charge in [-0.05, 0) is 72.4 Å². The second-order valence-corrected chi connectivity index (χ2v) is 12.3. The minimum atomic E-state index is -4.88. The van der Waals surface area contributed by atoms with Crippen LogP contribution in [0.25, 0.3) is 0 Å². The molecule has 13 heteroatoms. The van der Waals surface area contributed by atoms with E-state index in [9.17, 15) is 27.6 Å². The number of amides is 3. The molecule has 0 unspecified atom stereocenters. The van der Waals surface area contributed by atoms with Gasteiger partial charge in [0.15, 0.2) is 5.60 Å². The van der Waals surface area contributed by atoms with Crippen molar-refractivity contribution in [1.29, 1.82) is 0 Å². The molecule has 42 heavy (non-hydrogen) atoms. The molecule has 2 N–H and O–H groups in total. The highest BCUT2D eigenvalue weighted by molar-refractivity contribution is 6.05. The van der Waals surface area contributed by atoms with Gasteiger partial charge in [-0.25, -0.2) is 4.79 Å². The highest BCUT2D eigenvalue weighted by Gasteiger charge is 2.45. The number of ether oxygens (including phenoxy) is 3. The first-order valence-corrected chi connectivity index (χ1v) is 14.1. The maximum Gasteiger partial charge on any atom is 0.417 e. The lowest BCUT2D eigenvalue weighted by Crippen LogP contribution is -2.55. The van der Waals surface area contributed by atoms with Crippen LogP contribution in [-0.4, -0.2) is 91.4 Å². The van der Waals surface area contributed by atoms with Crippen LogP contribution in [0.4, 0.5) is 23.7 Å². The molecule has 2 heterocycles. The number of carbonyl (C=O) groups is 3. The molecule has 0 aromatic heterocycles. The third-order valence-electron chi connectivity index (χ3n) is 7.47. The molecule has 3 amide bonds. The van der Waals surface area contributed by atoms with E-state index < -0.39 is 52.5 Å². The summed E-state index contributed by atoms with van der Waals surface area (Å²) in [5, 5.41) is 0. The molecule has 2 aliphatic heterocycles. The summed E-state index contributed by atoms with van der Waals surface area (Å²) in [6.45, 7) is 8.87. The van der Waals surface area contributed by atoms with Gasteiger partial charge in [0.1, 0.15) is 11.4 Å². The first-order valence-electron chi connectivity index (χ1n) is 14.1. The fourth-order valence-corrected chi connectivity index (χ4v) is 5.36.